The van der Waals surface area contributed by atoms with Gasteiger partial charge in [-0.3, -0.25) is 4.68 Å². The van der Waals surface area contributed by atoms with E-state index in [1.807, 2.05) is 37.4 Å². The normalized spacial score (nSPS) is 11.0. The monoisotopic (exact) mass is 345 g/mol. The number of nitrogens with two attached hydrogens (primary N) is 1. The van der Waals surface area contributed by atoms with Crippen LogP contribution in [-0.2, 0) is 13.5 Å². The number of anilines is 1. The number of benzene rings is 1. The first kappa shape index (κ1) is 13.9. The van der Waals surface area contributed by atoms with E-state index in [2.05, 4.69) is 28.0 Å². The predicted molar refractivity (Wildman–Crippen MR) is 87.8 cm³/mol. The van der Waals surface area contributed by atoms with Crippen LogP contribution in [0, 0.1) is 0 Å². The van der Waals surface area contributed by atoms with Crippen molar-refractivity contribution in [3.05, 3.63) is 46.8 Å². The second kappa shape index (κ2) is 5.41. The summed E-state index contributed by atoms with van der Waals surface area (Å²) in [5, 5.41) is 4.58. The molecule has 0 unspecified atom stereocenters. The van der Waals surface area contributed by atoms with E-state index in [-0.39, 0.29) is 0 Å². The fourth-order valence-electron chi connectivity index (χ4n) is 2.45. The molecular weight excluding hydrogens is 330 g/mol. The standard InChI is InChI=1S/C16H16BrN3O/c1-3-13-12(8-9-21-13)15-14(16(18)20(2)19-15)10-4-6-11(17)7-5-10/h4-9H,3,18H2,1-2H3. The van der Waals surface area contributed by atoms with Gasteiger partial charge in [-0.1, -0.05) is 35.0 Å². The van der Waals surface area contributed by atoms with Gasteiger partial charge >= 0.3 is 0 Å². The Bertz CT molecular complexity index is 771. The Morgan fingerprint density at radius 3 is 2.62 bits per heavy atom. The molecule has 5 heteroatoms. The highest BCUT2D eigenvalue weighted by Crippen LogP contribution is 2.38. The fraction of sp³-hybridized carbons (Fsp3) is 0.188. The molecule has 2 N–H and O–H groups in total. The number of aromatic nitrogens is 2. The molecule has 21 heavy (non-hydrogen) atoms. The summed E-state index contributed by atoms with van der Waals surface area (Å²) in [6.45, 7) is 2.06. The zero-order chi connectivity index (χ0) is 15.0. The van der Waals surface area contributed by atoms with Crippen molar-refractivity contribution in [1.29, 1.82) is 0 Å². The molecule has 4 nitrogen and oxygen atoms in total. The molecule has 3 aromatic rings. The van der Waals surface area contributed by atoms with E-state index in [0.717, 1.165) is 39.0 Å². The van der Waals surface area contributed by atoms with Crippen molar-refractivity contribution in [2.24, 2.45) is 7.05 Å². The molecule has 0 bridgehead atoms. The quantitative estimate of drug-likeness (QED) is 0.771. The van der Waals surface area contributed by atoms with Crippen LogP contribution in [0.3, 0.4) is 0 Å². The summed E-state index contributed by atoms with van der Waals surface area (Å²) >= 11 is 3.45. The fourth-order valence-corrected chi connectivity index (χ4v) is 2.72. The predicted octanol–water partition coefficient (Wildman–Crippen LogP) is 4.25. The Kier molecular flexibility index (Phi) is 3.59. The first-order valence-electron chi connectivity index (χ1n) is 6.77. The third kappa shape index (κ3) is 2.38. The molecular formula is C16H16BrN3O. The van der Waals surface area contributed by atoms with Crippen LogP contribution in [0.2, 0.25) is 0 Å². The maximum Gasteiger partial charge on any atom is 0.129 e. The van der Waals surface area contributed by atoms with Crippen LogP contribution in [0.4, 0.5) is 5.82 Å². The molecule has 108 valence electrons. The van der Waals surface area contributed by atoms with Crippen molar-refractivity contribution in [3.8, 4) is 22.4 Å². The molecule has 0 aliphatic carbocycles. The minimum atomic E-state index is 0.649. The van der Waals surface area contributed by atoms with Crippen molar-refractivity contribution < 1.29 is 4.42 Å². The lowest BCUT2D eigenvalue weighted by Crippen LogP contribution is -1.97. The van der Waals surface area contributed by atoms with Gasteiger partial charge in [0.25, 0.3) is 0 Å². The Balaban J connectivity index is 2.23. The maximum absolute atomic E-state index is 6.23. The van der Waals surface area contributed by atoms with Crippen molar-refractivity contribution in [1.82, 2.24) is 9.78 Å². The number of hydrogen-bond donors (Lipinski definition) is 1. The summed E-state index contributed by atoms with van der Waals surface area (Å²) in [4.78, 5) is 0. The van der Waals surface area contributed by atoms with Crippen LogP contribution >= 0.6 is 15.9 Å². The second-order valence-corrected chi connectivity index (χ2v) is 5.77. The van der Waals surface area contributed by atoms with E-state index in [1.54, 1.807) is 10.9 Å². The van der Waals surface area contributed by atoms with Crippen LogP contribution in [0.15, 0.2) is 45.5 Å². The van der Waals surface area contributed by atoms with Gasteiger partial charge < -0.3 is 10.2 Å². The van der Waals surface area contributed by atoms with E-state index in [4.69, 9.17) is 10.2 Å². The smallest absolute Gasteiger partial charge is 0.129 e. The highest BCUT2D eigenvalue weighted by Gasteiger charge is 2.20. The number of furan rings is 1. The third-order valence-electron chi connectivity index (χ3n) is 3.55. The van der Waals surface area contributed by atoms with Gasteiger partial charge in [-0.25, -0.2) is 0 Å². The zero-order valence-electron chi connectivity index (χ0n) is 11.9. The summed E-state index contributed by atoms with van der Waals surface area (Å²) < 4.78 is 8.27. The average molecular weight is 346 g/mol. The molecule has 0 aliphatic rings. The number of rotatable bonds is 3. The Hall–Kier alpha value is -2.01. The van der Waals surface area contributed by atoms with Crippen LogP contribution in [0.1, 0.15) is 12.7 Å². The van der Waals surface area contributed by atoms with Gasteiger partial charge in [0.2, 0.25) is 0 Å². The summed E-state index contributed by atoms with van der Waals surface area (Å²) in [5.74, 6) is 1.57. The van der Waals surface area contributed by atoms with Gasteiger partial charge in [-0.05, 0) is 23.8 Å². The minimum Gasteiger partial charge on any atom is -0.469 e. The van der Waals surface area contributed by atoms with E-state index < -0.39 is 0 Å². The molecule has 0 atom stereocenters. The Morgan fingerprint density at radius 2 is 1.95 bits per heavy atom. The summed E-state index contributed by atoms with van der Waals surface area (Å²) in [7, 11) is 1.85. The summed E-state index contributed by atoms with van der Waals surface area (Å²) in [6.07, 6.45) is 2.52. The van der Waals surface area contributed by atoms with E-state index >= 15 is 0 Å². The molecule has 0 radical (unpaired) electrons. The van der Waals surface area contributed by atoms with Gasteiger partial charge in [0, 0.05) is 23.5 Å². The molecule has 0 spiro atoms. The number of aryl methyl sites for hydroxylation is 2. The molecule has 2 heterocycles. The van der Waals surface area contributed by atoms with E-state index in [0.29, 0.717) is 5.82 Å². The number of nitrogen functional groups attached to an aromatic ring is 1. The Morgan fingerprint density at radius 1 is 1.24 bits per heavy atom. The van der Waals surface area contributed by atoms with Crippen molar-refractivity contribution >= 4 is 21.7 Å². The largest absolute Gasteiger partial charge is 0.469 e. The summed E-state index contributed by atoms with van der Waals surface area (Å²) in [5.41, 5.74) is 10.1. The van der Waals surface area contributed by atoms with Gasteiger partial charge in [-0.2, -0.15) is 5.10 Å². The molecule has 0 amide bonds. The van der Waals surface area contributed by atoms with Gasteiger partial charge in [0.1, 0.15) is 17.3 Å². The van der Waals surface area contributed by atoms with Gasteiger partial charge in [-0.15, -0.1) is 0 Å². The van der Waals surface area contributed by atoms with Gasteiger partial charge in [0.15, 0.2) is 0 Å². The van der Waals surface area contributed by atoms with Crippen LogP contribution in [0.5, 0.6) is 0 Å². The zero-order valence-corrected chi connectivity index (χ0v) is 13.5. The second-order valence-electron chi connectivity index (χ2n) is 4.85. The Labute approximate surface area is 131 Å². The lowest BCUT2D eigenvalue weighted by Gasteiger charge is -2.04. The van der Waals surface area contributed by atoms with Crippen molar-refractivity contribution in [2.75, 3.05) is 5.73 Å². The maximum atomic E-state index is 6.23. The highest BCUT2D eigenvalue weighted by molar-refractivity contribution is 9.10. The third-order valence-corrected chi connectivity index (χ3v) is 4.07. The van der Waals surface area contributed by atoms with E-state index in [1.165, 1.54) is 0 Å². The first-order valence-corrected chi connectivity index (χ1v) is 7.56. The first-order chi connectivity index (χ1) is 10.1. The lowest BCUT2D eigenvalue weighted by atomic mass is 10.0. The van der Waals surface area contributed by atoms with Gasteiger partial charge in [0.05, 0.1) is 11.8 Å². The highest BCUT2D eigenvalue weighted by atomic mass is 79.9. The molecule has 3 rings (SSSR count). The number of halogens is 1. The topological polar surface area (TPSA) is 57.0 Å². The van der Waals surface area contributed by atoms with E-state index in [9.17, 15) is 0 Å². The number of hydrogen-bond acceptors (Lipinski definition) is 3. The number of nitrogens with zero attached hydrogens (tertiary/aromatic N) is 2. The molecule has 0 fully saturated rings. The van der Waals surface area contributed by atoms with Crippen LogP contribution in [0.25, 0.3) is 22.4 Å². The molecule has 1 aromatic carbocycles. The molecule has 0 saturated carbocycles. The average Bonchev–Trinajstić information content (AvgIpc) is 3.06. The lowest BCUT2D eigenvalue weighted by molar-refractivity contribution is 0.517. The van der Waals surface area contributed by atoms with Crippen LogP contribution in [-0.4, -0.2) is 9.78 Å². The van der Waals surface area contributed by atoms with Crippen molar-refractivity contribution in [2.45, 2.75) is 13.3 Å². The molecule has 0 aliphatic heterocycles. The minimum absolute atomic E-state index is 0.649. The molecule has 0 saturated heterocycles. The van der Waals surface area contributed by atoms with Crippen LogP contribution < -0.4 is 5.73 Å². The molecule has 2 aromatic heterocycles. The summed E-state index contributed by atoms with van der Waals surface area (Å²) in [6, 6.07) is 10.0. The van der Waals surface area contributed by atoms with Crippen molar-refractivity contribution in [3.63, 3.8) is 0 Å². The SMILES string of the molecule is CCc1occc1-c1nn(C)c(N)c1-c1ccc(Br)cc1.